The molecule has 0 heterocycles. The molecule has 0 spiro atoms. The molecule has 0 aliphatic rings. The topological polar surface area (TPSA) is 9.23 Å². The zero-order valence-electron chi connectivity index (χ0n) is 11.8. The van der Waals surface area contributed by atoms with Crippen molar-refractivity contribution < 1.29 is 9.13 Å². The predicted molar refractivity (Wildman–Crippen MR) is 82.8 cm³/mol. The number of unbranched alkanes of at least 4 members (excludes halogenated alkanes) is 6. The molecule has 3 heteroatoms. The highest BCUT2D eigenvalue weighted by Gasteiger charge is 2.00. The molecular formula is C16H25FOS. The third-order valence-corrected chi connectivity index (χ3v) is 3.53. The standard InChI is InChI=1S/C16H25FOS/c1-14-9-10-15(13-16(14)17)18-11-7-5-3-2-4-6-8-12-19/h9-10,13,19H,2-8,11-12H2,1H3. The maximum absolute atomic E-state index is 13.3. The first-order chi connectivity index (χ1) is 9.24. The molecule has 19 heavy (non-hydrogen) atoms. The molecule has 1 nitrogen and oxygen atoms in total. The predicted octanol–water partition coefficient (Wildman–Crippen LogP) is 5.17. The van der Waals surface area contributed by atoms with Gasteiger partial charge in [0.2, 0.25) is 0 Å². The number of rotatable bonds is 10. The second-order valence-electron chi connectivity index (χ2n) is 4.96. The third kappa shape index (κ3) is 7.46. The fourth-order valence-electron chi connectivity index (χ4n) is 1.95. The van der Waals surface area contributed by atoms with E-state index < -0.39 is 0 Å². The Bertz CT molecular complexity index is 355. The first kappa shape index (κ1) is 16.4. The summed E-state index contributed by atoms with van der Waals surface area (Å²) >= 11 is 4.20. The van der Waals surface area contributed by atoms with Crippen LogP contribution in [-0.2, 0) is 0 Å². The molecule has 0 atom stereocenters. The Kier molecular flexibility index (Phi) is 8.72. The van der Waals surface area contributed by atoms with Crippen molar-refractivity contribution in [2.45, 2.75) is 51.9 Å². The van der Waals surface area contributed by atoms with Gasteiger partial charge < -0.3 is 4.74 Å². The Balaban J connectivity index is 2.00. The second-order valence-corrected chi connectivity index (χ2v) is 5.41. The van der Waals surface area contributed by atoms with Gasteiger partial charge in [0.1, 0.15) is 11.6 Å². The van der Waals surface area contributed by atoms with Crippen LogP contribution in [0.2, 0.25) is 0 Å². The van der Waals surface area contributed by atoms with Crippen LogP contribution >= 0.6 is 12.6 Å². The summed E-state index contributed by atoms with van der Waals surface area (Å²) in [6.07, 6.45) is 8.63. The van der Waals surface area contributed by atoms with E-state index in [2.05, 4.69) is 12.6 Å². The van der Waals surface area contributed by atoms with E-state index in [0.29, 0.717) is 17.9 Å². The Hall–Kier alpha value is -0.700. The monoisotopic (exact) mass is 284 g/mol. The first-order valence-corrected chi connectivity index (χ1v) is 7.87. The van der Waals surface area contributed by atoms with Crippen LogP contribution in [0, 0.1) is 12.7 Å². The average molecular weight is 284 g/mol. The molecule has 0 aliphatic heterocycles. The molecule has 1 rings (SSSR count). The van der Waals surface area contributed by atoms with E-state index in [1.807, 2.05) is 6.07 Å². The number of halogens is 1. The summed E-state index contributed by atoms with van der Waals surface area (Å²) < 4.78 is 18.8. The van der Waals surface area contributed by atoms with E-state index >= 15 is 0 Å². The Morgan fingerprint density at radius 2 is 1.63 bits per heavy atom. The number of hydrogen-bond donors (Lipinski definition) is 1. The molecule has 108 valence electrons. The van der Waals surface area contributed by atoms with Crippen LogP contribution in [0.15, 0.2) is 18.2 Å². The van der Waals surface area contributed by atoms with E-state index in [9.17, 15) is 4.39 Å². The van der Waals surface area contributed by atoms with E-state index in [-0.39, 0.29) is 5.82 Å². The number of aryl methyl sites for hydroxylation is 1. The normalized spacial score (nSPS) is 10.7. The molecule has 0 fully saturated rings. The van der Waals surface area contributed by atoms with Gasteiger partial charge >= 0.3 is 0 Å². The molecule has 0 amide bonds. The number of ether oxygens (including phenoxy) is 1. The van der Waals surface area contributed by atoms with Crippen LogP contribution in [0.1, 0.15) is 50.5 Å². The molecule has 0 N–H and O–H groups in total. The van der Waals surface area contributed by atoms with Crippen LogP contribution in [0.4, 0.5) is 4.39 Å². The lowest BCUT2D eigenvalue weighted by Crippen LogP contribution is -1.98. The highest BCUT2D eigenvalue weighted by molar-refractivity contribution is 7.80. The highest BCUT2D eigenvalue weighted by atomic mass is 32.1. The van der Waals surface area contributed by atoms with Gasteiger partial charge in [0.05, 0.1) is 6.61 Å². The van der Waals surface area contributed by atoms with Gasteiger partial charge in [-0.25, -0.2) is 4.39 Å². The Morgan fingerprint density at radius 3 is 2.26 bits per heavy atom. The summed E-state index contributed by atoms with van der Waals surface area (Å²) in [5, 5.41) is 0. The number of benzene rings is 1. The fourth-order valence-corrected chi connectivity index (χ4v) is 2.17. The average Bonchev–Trinajstić information content (AvgIpc) is 2.41. The maximum atomic E-state index is 13.3. The Labute approximate surface area is 122 Å². The zero-order valence-corrected chi connectivity index (χ0v) is 12.7. The van der Waals surface area contributed by atoms with Crippen LogP contribution < -0.4 is 4.74 Å². The van der Waals surface area contributed by atoms with Crippen molar-refractivity contribution in [2.75, 3.05) is 12.4 Å². The zero-order chi connectivity index (χ0) is 13.9. The van der Waals surface area contributed by atoms with Gasteiger partial charge in [0.25, 0.3) is 0 Å². The van der Waals surface area contributed by atoms with Crippen LogP contribution in [0.3, 0.4) is 0 Å². The van der Waals surface area contributed by atoms with Gasteiger partial charge in [-0.1, -0.05) is 38.2 Å². The fraction of sp³-hybridized carbons (Fsp3) is 0.625. The summed E-state index contributed by atoms with van der Waals surface area (Å²) in [5.74, 6) is 1.44. The van der Waals surface area contributed by atoms with Crippen molar-refractivity contribution in [1.29, 1.82) is 0 Å². The van der Waals surface area contributed by atoms with Crippen LogP contribution in [-0.4, -0.2) is 12.4 Å². The van der Waals surface area contributed by atoms with E-state index in [1.54, 1.807) is 13.0 Å². The maximum Gasteiger partial charge on any atom is 0.129 e. The van der Waals surface area contributed by atoms with Gasteiger partial charge in [-0.3, -0.25) is 0 Å². The number of hydrogen-bond acceptors (Lipinski definition) is 2. The van der Waals surface area contributed by atoms with Gasteiger partial charge in [-0.15, -0.1) is 0 Å². The van der Waals surface area contributed by atoms with E-state index in [4.69, 9.17) is 4.74 Å². The molecule has 0 unspecified atom stereocenters. The summed E-state index contributed by atoms with van der Waals surface area (Å²) in [7, 11) is 0. The van der Waals surface area contributed by atoms with Crippen molar-refractivity contribution >= 4 is 12.6 Å². The highest BCUT2D eigenvalue weighted by Crippen LogP contribution is 2.16. The molecule has 0 aliphatic carbocycles. The van der Waals surface area contributed by atoms with Gasteiger partial charge in [-0.05, 0) is 37.1 Å². The van der Waals surface area contributed by atoms with Gasteiger partial charge in [-0.2, -0.15) is 12.6 Å². The van der Waals surface area contributed by atoms with Crippen molar-refractivity contribution in [1.82, 2.24) is 0 Å². The number of thiol groups is 1. The van der Waals surface area contributed by atoms with Gasteiger partial charge in [0.15, 0.2) is 0 Å². The summed E-state index contributed by atoms with van der Waals surface area (Å²) in [6, 6.07) is 5.05. The van der Waals surface area contributed by atoms with Crippen molar-refractivity contribution in [3.05, 3.63) is 29.6 Å². The minimum atomic E-state index is -0.193. The summed E-state index contributed by atoms with van der Waals surface area (Å²) in [6.45, 7) is 2.44. The SMILES string of the molecule is Cc1ccc(OCCCCCCCCCS)cc1F. The largest absolute Gasteiger partial charge is 0.493 e. The molecule has 0 bridgehead atoms. The van der Waals surface area contributed by atoms with E-state index in [0.717, 1.165) is 12.2 Å². The lowest BCUT2D eigenvalue weighted by molar-refractivity contribution is 0.302. The first-order valence-electron chi connectivity index (χ1n) is 7.24. The minimum Gasteiger partial charge on any atom is -0.493 e. The molecule has 0 saturated heterocycles. The quantitative estimate of drug-likeness (QED) is 0.460. The molecule has 1 aromatic carbocycles. The third-order valence-electron chi connectivity index (χ3n) is 3.21. The van der Waals surface area contributed by atoms with Crippen molar-refractivity contribution in [3.63, 3.8) is 0 Å². The van der Waals surface area contributed by atoms with Crippen molar-refractivity contribution in [2.24, 2.45) is 0 Å². The van der Waals surface area contributed by atoms with Crippen LogP contribution in [0.25, 0.3) is 0 Å². The second kappa shape index (κ2) is 10.1. The molecular weight excluding hydrogens is 259 g/mol. The summed E-state index contributed by atoms with van der Waals surface area (Å²) in [5.41, 5.74) is 0.661. The van der Waals surface area contributed by atoms with E-state index in [1.165, 1.54) is 44.6 Å². The smallest absolute Gasteiger partial charge is 0.129 e. The summed E-state index contributed by atoms with van der Waals surface area (Å²) in [4.78, 5) is 0. The Morgan fingerprint density at radius 1 is 1.00 bits per heavy atom. The van der Waals surface area contributed by atoms with Crippen LogP contribution in [0.5, 0.6) is 5.75 Å². The molecule has 1 aromatic rings. The lowest BCUT2D eigenvalue weighted by atomic mass is 10.1. The van der Waals surface area contributed by atoms with Crippen molar-refractivity contribution in [3.8, 4) is 5.75 Å². The molecule has 0 aromatic heterocycles. The lowest BCUT2D eigenvalue weighted by Gasteiger charge is -2.07. The minimum absolute atomic E-state index is 0.193. The molecule has 0 radical (unpaired) electrons. The molecule has 0 saturated carbocycles. The van der Waals surface area contributed by atoms with Gasteiger partial charge in [0, 0.05) is 6.07 Å².